The SMILES string of the molecule is COc1cccnc1C1(N(C)c2nc3ccc(C(N)=O)cc3s2)CCC1. The predicted molar refractivity (Wildman–Crippen MR) is 103 cm³/mol. The number of nitrogens with two attached hydrogens (primary N) is 1. The van der Waals surface area contributed by atoms with Crippen LogP contribution < -0.4 is 15.4 Å². The van der Waals surface area contributed by atoms with Crippen LogP contribution in [0.1, 0.15) is 35.3 Å². The number of carbonyl (C=O) groups excluding carboxylic acids is 1. The lowest BCUT2D eigenvalue weighted by atomic mass is 9.72. The molecule has 1 aliphatic rings. The molecule has 7 heteroatoms. The Morgan fingerprint density at radius 1 is 1.35 bits per heavy atom. The molecule has 134 valence electrons. The summed E-state index contributed by atoms with van der Waals surface area (Å²) in [5, 5.41) is 0.897. The number of anilines is 1. The number of primary amides is 1. The third-order valence-corrected chi connectivity index (χ3v) is 6.30. The first kappa shape index (κ1) is 16.8. The first-order valence-electron chi connectivity index (χ1n) is 8.49. The van der Waals surface area contributed by atoms with Crippen LogP contribution in [0.4, 0.5) is 5.13 Å². The van der Waals surface area contributed by atoms with Crippen molar-refractivity contribution in [3.63, 3.8) is 0 Å². The molecule has 0 unspecified atom stereocenters. The smallest absolute Gasteiger partial charge is 0.248 e. The average molecular weight is 368 g/mol. The van der Waals surface area contributed by atoms with Crippen LogP contribution in [0.5, 0.6) is 5.75 Å². The lowest BCUT2D eigenvalue weighted by Gasteiger charge is -2.48. The van der Waals surface area contributed by atoms with Crippen LogP contribution in [0.3, 0.4) is 0 Å². The highest BCUT2D eigenvalue weighted by Gasteiger charge is 2.46. The molecular weight excluding hydrogens is 348 g/mol. The predicted octanol–water partition coefficient (Wildman–Crippen LogP) is 3.31. The number of methoxy groups -OCH3 is 1. The van der Waals surface area contributed by atoms with Crippen LogP contribution in [0.25, 0.3) is 10.2 Å². The zero-order valence-electron chi connectivity index (χ0n) is 14.7. The van der Waals surface area contributed by atoms with E-state index < -0.39 is 5.91 Å². The second-order valence-corrected chi connectivity index (χ2v) is 7.55. The minimum Gasteiger partial charge on any atom is -0.495 e. The van der Waals surface area contributed by atoms with Gasteiger partial charge in [0, 0.05) is 18.8 Å². The summed E-state index contributed by atoms with van der Waals surface area (Å²) in [4.78, 5) is 23.0. The monoisotopic (exact) mass is 368 g/mol. The van der Waals surface area contributed by atoms with E-state index in [2.05, 4.69) is 16.9 Å². The number of hydrogen-bond donors (Lipinski definition) is 1. The highest BCUT2D eigenvalue weighted by Crippen LogP contribution is 2.50. The molecule has 1 saturated carbocycles. The summed E-state index contributed by atoms with van der Waals surface area (Å²) < 4.78 is 6.51. The van der Waals surface area contributed by atoms with Crippen molar-refractivity contribution in [2.45, 2.75) is 24.8 Å². The molecule has 0 aliphatic heterocycles. The van der Waals surface area contributed by atoms with E-state index >= 15 is 0 Å². The van der Waals surface area contributed by atoms with Crippen LogP contribution in [0.15, 0.2) is 36.5 Å². The first-order valence-corrected chi connectivity index (χ1v) is 9.30. The molecule has 0 bridgehead atoms. The van der Waals surface area contributed by atoms with Gasteiger partial charge in [0.2, 0.25) is 5.91 Å². The Morgan fingerprint density at radius 2 is 2.15 bits per heavy atom. The Hall–Kier alpha value is -2.67. The highest BCUT2D eigenvalue weighted by atomic mass is 32.1. The Labute approximate surface area is 155 Å². The van der Waals surface area contributed by atoms with E-state index in [9.17, 15) is 4.79 Å². The maximum atomic E-state index is 11.4. The number of fused-ring (bicyclic) bond motifs is 1. The number of aromatic nitrogens is 2. The number of rotatable bonds is 5. The van der Waals surface area contributed by atoms with E-state index in [-0.39, 0.29) is 5.54 Å². The van der Waals surface area contributed by atoms with Gasteiger partial charge < -0.3 is 15.4 Å². The molecule has 0 radical (unpaired) electrons. The van der Waals surface area contributed by atoms with Crippen molar-refractivity contribution in [3.8, 4) is 5.75 Å². The van der Waals surface area contributed by atoms with E-state index in [1.807, 2.05) is 30.5 Å². The standard InChI is InChI=1S/C19H20N4O2S/c1-23(18-22-13-7-6-12(17(20)24)11-15(13)26-18)19(8-4-9-19)16-14(25-2)5-3-10-21-16/h3,5-7,10-11H,4,8-9H2,1-2H3,(H2,20,24). The Kier molecular flexibility index (Phi) is 4.03. The summed E-state index contributed by atoms with van der Waals surface area (Å²) in [5.41, 5.74) is 7.49. The molecule has 1 fully saturated rings. The van der Waals surface area contributed by atoms with Gasteiger partial charge in [0.05, 0.1) is 22.9 Å². The summed E-state index contributed by atoms with van der Waals surface area (Å²) in [6, 6.07) is 9.21. The summed E-state index contributed by atoms with van der Waals surface area (Å²) in [7, 11) is 3.73. The van der Waals surface area contributed by atoms with Gasteiger partial charge >= 0.3 is 0 Å². The van der Waals surface area contributed by atoms with Gasteiger partial charge in [-0.1, -0.05) is 11.3 Å². The number of ether oxygens (including phenoxy) is 1. The highest BCUT2D eigenvalue weighted by molar-refractivity contribution is 7.22. The van der Waals surface area contributed by atoms with Crippen molar-refractivity contribution in [1.82, 2.24) is 9.97 Å². The van der Waals surface area contributed by atoms with E-state index in [1.165, 1.54) is 0 Å². The zero-order chi connectivity index (χ0) is 18.3. The van der Waals surface area contributed by atoms with Crippen molar-refractivity contribution in [2.24, 2.45) is 5.73 Å². The first-order chi connectivity index (χ1) is 12.5. The fourth-order valence-corrected chi connectivity index (χ4v) is 4.60. The van der Waals surface area contributed by atoms with Gasteiger partial charge in [-0.2, -0.15) is 0 Å². The quantitative estimate of drug-likeness (QED) is 0.747. The van der Waals surface area contributed by atoms with Gasteiger partial charge in [-0.15, -0.1) is 0 Å². The largest absolute Gasteiger partial charge is 0.495 e. The summed E-state index contributed by atoms with van der Waals surface area (Å²) in [6.45, 7) is 0. The maximum Gasteiger partial charge on any atom is 0.248 e. The van der Waals surface area contributed by atoms with Crippen molar-refractivity contribution in [3.05, 3.63) is 47.8 Å². The number of nitrogens with zero attached hydrogens (tertiary/aromatic N) is 3. The van der Waals surface area contributed by atoms with E-state index in [0.717, 1.165) is 46.1 Å². The Morgan fingerprint density at radius 3 is 2.81 bits per heavy atom. The number of carbonyl (C=O) groups is 1. The number of benzene rings is 1. The molecule has 1 amide bonds. The number of amides is 1. The minimum absolute atomic E-state index is 0.215. The van der Waals surface area contributed by atoms with Gasteiger partial charge in [-0.25, -0.2) is 4.98 Å². The van der Waals surface area contributed by atoms with Crippen molar-refractivity contribution < 1.29 is 9.53 Å². The van der Waals surface area contributed by atoms with Gasteiger partial charge in [0.1, 0.15) is 11.4 Å². The van der Waals surface area contributed by atoms with Gasteiger partial charge in [-0.3, -0.25) is 9.78 Å². The third kappa shape index (κ3) is 2.50. The maximum absolute atomic E-state index is 11.4. The molecular formula is C19H20N4O2S. The minimum atomic E-state index is -0.427. The van der Waals surface area contributed by atoms with Crippen LogP contribution in [-0.4, -0.2) is 30.0 Å². The van der Waals surface area contributed by atoms with E-state index in [4.69, 9.17) is 15.5 Å². The topological polar surface area (TPSA) is 81.3 Å². The van der Waals surface area contributed by atoms with Gasteiger partial charge in [-0.05, 0) is 49.6 Å². The van der Waals surface area contributed by atoms with Crippen LogP contribution in [-0.2, 0) is 5.54 Å². The lowest BCUT2D eigenvalue weighted by Crippen LogP contribution is -2.50. The molecule has 3 aromatic rings. The molecule has 2 aromatic heterocycles. The second-order valence-electron chi connectivity index (χ2n) is 6.54. The fraction of sp³-hybridized carbons (Fsp3) is 0.316. The molecule has 0 spiro atoms. The van der Waals surface area contributed by atoms with E-state index in [1.54, 1.807) is 24.5 Å². The Bertz CT molecular complexity index is 981. The van der Waals surface area contributed by atoms with Crippen molar-refractivity contribution >= 4 is 32.6 Å². The number of hydrogen-bond acceptors (Lipinski definition) is 6. The van der Waals surface area contributed by atoms with E-state index in [0.29, 0.717) is 5.56 Å². The van der Waals surface area contributed by atoms with Crippen molar-refractivity contribution in [1.29, 1.82) is 0 Å². The van der Waals surface area contributed by atoms with Crippen LogP contribution in [0.2, 0.25) is 0 Å². The fourth-order valence-electron chi connectivity index (χ4n) is 3.54. The van der Waals surface area contributed by atoms with Crippen molar-refractivity contribution in [2.75, 3.05) is 19.1 Å². The van der Waals surface area contributed by atoms with Gasteiger partial charge in [0.25, 0.3) is 0 Å². The molecule has 26 heavy (non-hydrogen) atoms. The molecule has 2 heterocycles. The number of thiazole rings is 1. The average Bonchev–Trinajstić information content (AvgIpc) is 3.04. The van der Waals surface area contributed by atoms with Crippen LogP contribution in [0, 0.1) is 0 Å². The molecule has 1 aromatic carbocycles. The van der Waals surface area contributed by atoms with Crippen LogP contribution >= 0.6 is 11.3 Å². The lowest BCUT2D eigenvalue weighted by molar-refractivity contribution is 0.100. The number of pyridine rings is 1. The third-order valence-electron chi connectivity index (χ3n) is 5.20. The second kappa shape index (κ2) is 6.25. The summed E-state index contributed by atoms with van der Waals surface area (Å²) >= 11 is 1.56. The molecule has 1 aliphatic carbocycles. The summed E-state index contributed by atoms with van der Waals surface area (Å²) in [6.07, 6.45) is 4.95. The normalized spacial score (nSPS) is 15.5. The zero-order valence-corrected chi connectivity index (χ0v) is 15.5. The molecule has 2 N–H and O–H groups in total. The summed E-state index contributed by atoms with van der Waals surface area (Å²) in [5.74, 6) is 0.375. The Balaban J connectivity index is 1.77. The van der Waals surface area contributed by atoms with Gasteiger partial charge in [0.15, 0.2) is 5.13 Å². The molecule has 4 rings (SSSR count). The molecule has 0 atom stereocenters. The molecule has 6 nitrogen and oxygen atoms in total. The molecule has 0 saturated heterocycles.